The van der Waals surface area contributed by atoms with Gasteiger partial charge in [0.25, 0.3) is 11.8 Å². The highest BCUT2D eigenvalue weighted by Crippen LogP contribution is 2.26. The van der Waals surface area contributed by atoms with E-state index in [2.05, 4.69) is 40.4 Å². The first kappa shape index (κ1) is 26.8. The van der Waals surface area contributed by atoms with Gasteiger partial charge in [-0.2, -0.15) is 0 Å². The Hall–Kier alpha value is -2.49. The minimum absolute atomic E-state index is 0.0186. The van der Waals surface area contributed by atoms with Crippen molar-refractivity contribution in [1.82, 2.24) is 10.2 Å². The standard InChI is InChI=1S/C24H30BrN3O4S/c1-4-11-28(12-5-2)23(30)18-7-6-8-19(15-18)26-24(33)27-22(29)17-9-10-21(20(25)16-17)32-14-13-31-3/h6-10,15-16H,4-5,11-14H2,1-3H3,(H2,26,27,29,33). The van der Waals surface area contributed by atoms with Gasteiger partial charge in [-0.25, -0.2) is 0 Å². The highest BCUT2D eigenvalue weighted by Gasteiger charge is 2.15. The van der Waals surface area contributed by atoms with Crippen molar-refractivity contribution in [2.45, 2.75) is 26.7 Å². The summed E-state index contributed by atoms with van der Waals surface area (Å²) in [7, 11) is 1.60. The van der Waals surface area contributed by atoms with Crippen molar-refractivity contribution in [3.05, 3.63) is 58.1 Å². The monoisotopic (exact) mass is 535 g/mol. The second-order valence-corrected chi connectivity index (χ2v) is 8.53. The summed E-state index contributed by atoms with van der Waals surface area (Å²) in [6.07, 6.45) is 1.80. The lowest BCUT2D eigenvalue weighted by atomic mass is 10.1. The summed E-state index contributed by atoms with van der Waals surface area (Å²) in [5, 5.41) is 5.78. The average molecular weight is 536 g/mol. The van der Waals surface area contributed by atoms with Crippen molar-refractivity contribution in [3.8, 4) is 5.75 Å². The number of benzene rings is 2. The number of methoxy groups -OCH3 is 1. The van der Waals surface area contributed by atoms with Crippen LogP contribution >= 0.6 is 28.1 Å². The van der Waals surface area contributed by atoms with Crippen molar-refractivity contribution in [3.63, 3.8) is 0 Å². The van der Waals surface area contributed by atoms with Gasteiger partial charge in [-0.15, -0.1) is 0 Å². The Morgan fingerprint density at radius 2 is 1.76 bits per heavy atom. The number of anilines is 1. The number of hydrogen-bond acceptors (Lipinski definition) is 5. The number of carbonyl (C=O) groups is 2. The molecular formula is C24H30BrN3O4S. The van der Waals surface area contributed by atoms with Gasteiger partial charge in [0.15, 0.2) is 5.11 Å². The van der Waals surface area contributed by atoms with Crippen LogP contribution in [-0.4, -0.2) is 55.2 Å². The van der Waals surface area contributed by atoms with Crippen LogP contribution in [-0.2, 0) is 4.74 Å². The molecule has 0 radical (unpaired) electrons. The molecule has 0 aliphatic rings. The number of halogens is 1. The Kier molecular flexibility index (Phi) is 11.3. The van der Waals surface area contributed by atoms with E-state index >= 15 is 0 Å². The first-order chi connectivity index (χ1) is 15.9. The molecule has 0 aliphatic heterocycles. The fourth-order valence-corrected chi connectivity index (χ4v) is 3.80. The van der Waals surface area contributed by atoms with Crippen molar-refractivity contribution >= 4 is 50.8 Å². The summed E-state index contributed by atoms with van der Waals surface area (Å²) < 4.78 is 11.2. The zero-order chi connectivity index (χ0) is 24.2. The molecule has 0 bridgehead atoms. The normalized spacial score (nSPS) is 10.4. The van der Waals surface area contributed by atoms with Crippen molar-refractivity contribution < 1.29 is 19.1 Å². The molecule has 2 aromatic rings. The number of amides is 2. The summed E-state index contributed by atoms with van der Waals surface area (Å²) >= 11 is 8.71. The highest BCUT2D eigenvalue weighted by molar-refractivity contribution is 9.10. The first-order valence-corrected chi connectivity index (χ1v) is 12.0. The second kappa shape index (κ2) is 13.9. The third-order valence-corrected chi connectivity index (χ3v) is 5.43. The minimum Gasteiger partial charge on any atom is -0.490 e. The van der Waals surface area contributed by atoms with Crippen LogP contribution in [0.2, 0.25) is 0 Å². The summed E-state index contributed by atoms with van der Waals surface area (Å²) in [5.74, 6) is 0.238. The molecule has 0 fully saturated rings. The molecule has 178 valence electrons. The molecule has 0 aromatic heterocycles. The van der Waals surface area contributed by atoms with E-state index in [1.54, 1.807) is 49.6 Å². The lowest BCUT2D eigenvalue weighted by molar-refractivity contribution is 0.0755. The van der Waals surface area contributed by atoms with Gasteiger partial charge >= 0.3 is 0 Å². The molecular weight excluding hydrogens is 506 g/mol. The van der Waals surface area contributed by atoms with Crippen LogP contribution in [0.4, 0.5) is 5.69 Å². The maximum atomic E-state index is 12.8. The summed E-state index contributed by atoms with van der Waals surface area (Å²) in [5.41, 5.74) is 1.62. The maximum absolute atomic E-state index is 12.8. The summed E-state index contributed by atoms with van der Waals surface area (Å²) in [6.45, 7) is 6.40. The molecule has 0 saturated carbocycles. The first-order valence-electron chi connectivity index (χ1n) is 10.8. The molecule has 0 heterocycles. The minimum atomic E-state index is -0.360. The van der Waals surface area contributed by atoms with Gasteiger partial charge in [-0.1, -0.05) is 19.9 Å². The maximum Gasteiger partial charge on any atom is 0.257 e. The lowest BCUT2D eigenvalue weighted by Crippen LogP contribution is -2.34. The van der Waals surface area contributed by atoms with E-state index in [-0.39, 0.29) is 16.9 Å². The molecule has 0 spiro atoms. The topological polar surface area (TPSA) is 79.9 Å². The molecule has 9 heteroatoms. The van der Waals surface area contributed by atoms with Crippen LogP contribution in [0.1, 0.15) is 47.4 Å². The van der Waals surface area contributed by atoms with Crippen LogP contribution in [0.5, 0.6) is 5.75 Å². The largest absolute Gasteiger partial charge is 0.490 e. The van der Waals surface area contributed by atoms with Crippen molar-refractivity contribution in [1.29, 1.82) is 0 Å². The van der Waals surface area contributed by atoms with E-state index in [0.717, 1.165) is 12.8 Å². The van der Waals surface area contributed by atoms with E-state index in [1.807, 2.05) is 4.90 Å². The molecule has 0 saturated heterocycles. The second-order valence-electron chi connectivity index (χ2n) is 7.27. The SMILES string of the molecule is CCCN(CCC)C(=O)c1cccc(NC(=S)NC(=O)c2ccc(OCCOC)c(Br)c2)c1. The smallest absolute Gasteiger partial charge is 0.257 e. The van der Waals surface area contributed by atoms with Crippen LogP contribution in [0.3, 0.4) is 0 Å². The molecule has 2 N–H and O–H groups in total. The van der Waals surface area contributed by atoms with Gasteiger partial charge in [-0.05, 0) is 77.4 Å². The number of nitrogens with one attached hydrogen (secondary N) is 2. The predicted molar refractivity (Wildman–Crippen MR) is 138 cm³/mol. The zero-order valence-electron chi connectivity index (χ0n) is 19.2. The fourth-order valence-electron chi connectivity index (χ4n) is 3.10. The Labute approximate surface area is 209 Å². The lowest BCUT2D eigenvalue weighted by Gasteiger charge is -2.21. The molecule has 0 unspecified atom stereocenters. The van der Waals surface area contributed by atoms with Gasteiger partial charge in [0.05, 0.1) is 11.1 Å². The number of nitrogens with zero attached hydrogens (tertiary/aromatic N) is 1. The number of hydrogen-bond donors (Lipinski definition) is 2. The predicted octanol–water partition coefficient (Wildman–Crippen LogP) is 4.86. The van der Waals surface area contributed by atoms with E-state index in [9.17, 15) is 9.59 Å². The Balaban J connectivity index is 2.00. The van der Waals surface area contributed by atoms with Crippen molar-refractivity contribution in [2.75, 3.05) is 38.7 Å². The van der Waals surface area contributed by atoms with Crippen LogP contribution in [0, 0.1) is 0 Å². The molecule has 33 heavy (non-hydrogen) atoms. The van der Waals surface area contributed by atoms with E-state index in [4.69, 9.17) is 21.7 Å². The fraction of sp³-hybridized carbons (Fsp3) is 0.375. The number of ether oxygens (including phenoxy) is 2. The van der Waals surface area contributed by atoms with Crippen LogP contribution in [0.25, 0.3) is 0 Å². The molecule has 7 nitrogen and oxygen atoms in total. The van der Waals surface area contributed by atoms with Crippen molar-refractivity contribution in [2.24, 2.45) is 0 Å². The van der Waals surface area contributed by atoms with Crippen LogP contribution in [0.15, 0.2) is 46.9 Å². The summed E-state index contributed by atoms with van der Waals surface area (Å²) in [6, 6.07) is 12.1. The van der Waals surface area contributed by atoms with Gasteiger partial charge in [0.2, 0.25) is 0 Å². The zero-order valence-corrected chi connectivity index (χ0v) is 21.6. The molecule has 2 rings (SSSR count). The Morgan fingerprint density at radius 1 is 1.03 bits per heavy atom. The number of rotatable bonds is 11. The quantitative estimate of drug-likeness (QED) is 0.316. The van der Waals surface area contributed by atoms with Gasteiger partial charge in [0, 0.05) is 37.0 Å². The van der Waals surface area contributed by atoms with E-state index in [0.29, 0.717) is 53.3 Å². The molecule has 0 atom stereocenters. The van der Waals surface area contributed by atoms with Crippen LogP contribution < -0.4 is 15.4 Å². The average Bonchev–Trinajstić information content (AvgIpc) is 2.79. The third kappa shape index (κ3) is 8.42. The highest BCUT2D eigenvalue weighted by atomic mass is 79.9. The van der Waals surface area contributed by atoms with Gasteiger partial charge in [-0.3, -0.25) is 14.9 Å². The summed E-state index contributed by atoms with van der Waals surface area (Å²) in [4.78, 5) is 27.3. The third-order valence-electron chi connectivity index (χ3n) is 4.61. The Morgan fingerprint density at radius 3 is 2.39 bits per heavy atom. The van der Waals surface area contributed by atoms with Gasteiger partial charge in [0.1, 0.15) is 12.4 Å². The Bertz CT molecular complexity index is 964. The molecule has 2 aromatic carbocycles. The molecule has 2 amide bonds. The van der Waals surface area contributed by atoms with Gasteiger partial charge < -0.3 is 19.7 Å². The molecule has 0 aliphatic carbocycles. The number of carbonyl (C=O) groups excluding carboxylic acids is 2. The van der Waals surface area contributed by atoms with E-state index in [1.165, 1.54) is 0 Å². The van der Waals surface area contributed by atoms with E-state index < -0.39 is 0 Å². The number of thiocarbonyl (C=S) groups is 1.